The average Bonchev–Trinajstić information content (AvgIpc) is 3.15. The maximum Gasteiger partial charge on any atom is 0.314 e. The van der Waals surface area contributed by atoms with Gasteiger partial charge in [-0.15, -0.1) is 0 Å². The summed E-state index contributed by atoms with van der Waals surface area (Å²) in [4.78, 5) is 37.7. The van der Waals surface area contributed by atoms with Crippen LogP contribution in [0.1, 0.15) is 103 Å². The summed E-state index contributed by atoms with van der Waals surface area (Å²) in [6.45, 7) is 5.91. The summed E-state index contributed by atoms with van der Waals surface area (Å²) in [6.07, 6.45) is 12.5. The van der Waals surface area contributed by atoms with Gasteiger partial charge in [0, 0.05) is 24.6 Å². The minimum atomic E-state index is -0.713. The second-order valence-electron chi connectivity index (χ2n) is 10.2. The van der Waals surface area contributed by atoms with Crippen LogP contribution in [0.5, 0.6) is 0 Å². The summed E-state index contributed by atoms with van der Waals surface area (Å²) in [5.41, 5.74) is 0.678. The molecule has 3 amide bonds. The Morgan fingerprint density at radius 1 is 1.00 bits per heavy atom. The van der Waals surface area contributed by atoms with Crippen LogP contribution in [0.3, 0.4) is 0 Å². The molecule has 0 spiro atoms. The van der Waals surface area contributed by atoms with Crippen molar-refractivity contribution in [2.24, 2.45) is 5.92 Å². The van der Waals surface area contributed by atoms with Crippen LogP contribution >= 0.6 is 0 Å². The van der Waals surface area contributed by atoms with Gasteiger partial charge in [0.1, 0.15) is 5.82 Å². The molecule has 190 valence electrons. The fourth-order valence-corrected chi connectivity index (χ4v) is 4.81. The van der Waals surface area contributed by atoms with Gasteiger partial charge in [0.25, 0.3) is 0 Å². The van der Waals surface area contributed by atoms with Crippen molar-refractivity contribution in [3.8, 4) is 0 Å². The lowest BCUT2D eigenvalue weighted by molar-refractivity contribution is -0.136. The Balaban J connectivity index is 1.61. The van der Waals surface area contributed by atoms with E-state index < -0.39 is 18.1 Å². The predicted molar refractivity (Wildman–Crippen MR) is 132 cm³/mol. The molecule has 2 aliphatic rings. The Hall–Kier alpha value is -2.42. The summed E-state index contributed by atoms with van der Waals surface area (Å²) in [7, 11) is 0. The normalized spacial score (nSPS) is 23.5. The summed E-state index contributed by atoms with van der Waals surface area (Å²) >= 11 is 0. The molecule has 2 heterocycles. The zero-order valence-electron chi connectivity index (χ0n) is 21.0. The Morgan fingerprint density at radius 3 is 2.18 bits per heavy atom. The molecular formula is C25H42N6O3. The number of carbonyl (C=O) groups is 3. The third kappa shape index (κ3) is 7.82. The number of carbonyl (C=O) groups excluding carboxylic acids is 3. The van der Waals surface area contributed by atoms with Gasteiger partial charge in [0.05, 0.1) is 5.69 Å². The van der Waals surface area contributed by atoms with Crippen molar-refractivity contribution in [2.45, 2.75) is 116 Å². The molecule has 0 aromatic carbocycles. The quantitative estimate of drug-likeness (QED) is 0.498. The molecule has 0 bridgehead atoms. The fourth-order valence-electron chi connectivity index (χ4n) is 4.81. The first-order valence-electron chi connectivity index (χ1n) is 13.1. The lowest BCUT2D eigenvalue weighted by atomic mass is 9.98. The summed E-state index contributed by atoms with van der Waals surface area (Å²) in [5, 5.41) is 16.3. The fraction of sp³-hybridized carbons (Fsp3) is 0.760. The number of rotatable bonds is 4. The first-order chi connectivity index (χ1) is 16.3. The van der Waals surface area contributed by atoms with Crippen LogP contribution in [0, 0.1) is 12.8 Å². The molecule has 2 fully saturated rings. The highest BCUT2D eigenvalue weighted by Crippen LogP contribution is 2.20. The van der Waals surface area contributed by atoms with Crippen molar-refractivity contribution in [1.29, 1.82) is 0 Å². The maximum atomic E-state index is 12.8. The third-order valence-electron chi connectivity index (χ3n) is 6.87. The zero-order chi connectivity index (χ0) is 24.5. The topological polar surface area (TPSA) is 117 Å². The van der Waals surface area contributed by atoms with Crippen LogP contribution in [-0.2, 0) is 14.4 Å². The molecule has 3 rings (SSSR count). The number of nitrogens with one attached hydrogen (secondary N) is 4. The van der Waals surface area contributed by atoms with Gasteiger partial charge >= 0.3 is 11.8 Å². The maximum absolute atomic E-state index is 12.8. The van der Waals surface area contributed by atoms with Crippen molar-refractivity contribution in [3.63, 3.8) is 0 Å². The van der Waals surface area contributed by atoms with Crippen LogP contribution in [0.2, 0.25) is 0 Å². The van der Waals surface area contributed by atoms with E-state index in [1.807, 2.05) is 6.92 Å². The number of hydrogen-bond donors (Lipinski definition) is 4. The van der Waals surface area contributed by atoms with Gasteiger partial charge in [0.2, 0.25) is 5.91 Å². The van der Waals surface area contributed by atoms with Crippen molar-refractivity contribution >= 4 is 23.5 Å². The molecular weight excluding hydrogens is 432 g/mol. The highest BCUT2D eigenvalue weighted by molar-refractivity contribution is 6.39. The molecule has 1 aliphatic heterocycles. The Labute approximate surface area is 203 Å². The first kappa shape index (κ1) is 26.2. The number of nitrogens with zero attached hydrogens (tertiary/aromatic N) is 2. The van der Waals surface area contributed by atoms with E-state index in [0.717, 1.165) is 25.7 Å². The van der Waals surface area contributed by atoms with Crippen LogP contribution < -0.4 is 21.3 Å². The van der Waals surface area contributed by atoms with Crippen LogP contribution in [-0.4, -0.2) is 39.6 Å². The monoisotopic (exact) mass is 474 g/mol. The van der Waals surface area contributed by atoms with E-state index >= 15 is 0 Å². The average molecular weight is 475 g/mol. The zero-order valence-corrected chi connectivity index (χ0v) is 21.0. The molecule has 0 radical (unpaired) electrons. The lowest BCUT2D eigenvalue weighted by Crippen LogP contribution is -2.55. The second-order valence-corrected chi connectivity index (χ2v) is 10.2. The first-order valence-corrected chi connectivity index (χ1v) is 13.1. The molecule has 1 aromatic rings. The van der Waals surface area contributed by atoms with Gasteiger partial charge in [-0.2, -0.15) is 5.10 Å². The molecule has 2 atom stereocenters. The molecule has 34 heavy (non-hydrogen) atoms. The number of aromatic nitrogens is 2. The number of hydrogen-bond acceptors (Lipinski definition) is 5. The largest absolute Gasteiger partial charge is 0.345 e. The van der Waals surface area contributed by atoms with Crippen LogP contribution in [0.4, 0.5) is 5.82 Å². The second kappa shape index (κ2) is 12.9. The van der Waals surface area contributed by atoms with Gasteiger partial charge in [-0.3, -0.25) is 19.7 Å². The molecule has 1 aliphatic carbocycles. The molecule has 1 aromatic heterocycles. The standard InChI is InChI=1S/C25H42N6O3/c1-17(2)20-16-22(32)29-25(27-20)31-21(15-18(3)30-31)28-24(34)23(33)26-19-13-11-9-7-5-4-6-8-10-12-14-19/h15,17,19-20,25,27H,4-14,16H2,1-3H3,(H,26,33)(H,28,34)(H,29,32). The van der Waals surface area contributed by atoms with Gasteiger partial charge in [0.15, 0.2) is 6.29 Å². The predicted octanol–water partition coefficient (Wildman–Crippen LogP) is 3.51. The van der Waals surface area contributed by atoms with Crippen molar-refractivity contribution in [2.75, 3.05) is 5.32 Å². The molecule has 9 heteroatoms. The van der Waals surface area contributed by atoms with Crippen molar-refractivity contribution in [3.05, 3.63) is 11.8 Å². The SMILES string of the molecule is Cc1cc(NC(=O)C(=O)NC2CCCCCCCCCCC2)n(C2NC(=O)CC(C(C)C)N2)n1. The third-order valence-corrected chi connectivity index (χ3v) is 6.87. The minimum Gasteiger partial charge on any atom is -0.345 e. The summed E-state index contributed by atoms with van der Waals surface area (Å²) < 4.78 is 1.53. The van der Waals surface area contributed by atoms with Gasteiger partial charge in [-0.1, -0.05) is 71.6 Å². The Bertz CT molecular complexity index is 825. The Morgan fingerprint density at radius 2 is 1.59 bits per heavy atom. The minimum absolute atomic E-state index is 0.00352. The smallest absolute Gasteiger partial charge is 0.314 e. The van der Waals surface area contributed by atoms with E-state index in [1.54, 1.807) is 6.07 Å². The molecule has 9 nitrogen and oxygen atoms in total. The lowest BCUT2D eigenvalue weighted by Gasteiger charge is -2.34. The van der Waals surface area contributed by atoms with E-state index in [-0.39, 0.29) is 23.9 Å². The van der Waals surface area contributed by atoms with Gasteiger partial charge in [-0.05, 0) is 25.7 Å². The molecule has 2 unspecified atom stereocenters. The van der Waals surface area contributed by atoms with E-state index in [9.17, 15) is 14.4 Å². The number of amides is 3. The van der Waals surface area contributed by atoms with Crippen molar-refractivity contribution < 1.29 is 14.4 Å². The van der Waals surface area contributed by atoms with E-state index in [0.29, 0.717) is 17.9 Å². The Kier molecular flexibility index (Phi) is 9.92. The highest BCUT2D eigenvalue weighted by atomic mass is 16.2. The van der Waals surface area contributed by atoms with E-state index in [4.69, 9.17) is 0 Å². The van der Waals surface area contributed by atoms with E-state index in [1.165, 1.54) is 49.6 Å². The summed E-state index contributed by atoms with van der Waals surface area (Å²) in [6, 6.07) is 1.72. The number of anilines is 1. The van der Waals surface area contributed by atoms with Gasteiger partial charge < -0.3 is 16.0 Å². The molecule has 4 N–H and O–H groups in total. The number of aryl methyl sites for hydroxylation is 1. The summed E-state index contributed by atoms with van der Waals surface area (Å²) in [5.74, 6) is -0.773. The molecule has 1 saturated carbocycles. The highest BCUT2D eigenvalue weighted by Gasteiger charge is 2.31. The van der Waals surface area contributed by atoms with Crippen LogP contribution in [0.15, 0.2) is 6.07 Å². The van der Waals surface area contributed by atoms with Crippen molar-refractivity contribution in [1.82, 2.24) is 25.7 Å². The van der Waals surface area contributed by atoms with Crippen LogP contribution in [0.25, 0.3) is 0 Å². The van der Waals surface area contributed by atoms with Gasteiger partial charge in [-0.25, -0.2) is 4.68 Å². The van der Waals surface area contributed by atoms with E-state index in [2.05, 4.69) is 40.2 Å². The molecule has 1 saturated heterocycles.